The minimum Gasteiger partial charge on any atom is -0.357 e. The van der Waals surface area contributed by atoms with Gasteiger partial charge in [-0.15, -0.1) is 24.0 Å². The molecule has 0 rings (SSSR count). The summed E-state index contributed by atoms with van der Waals surface area (Å²) in [6.07, 6.45) is 4.22. The summed E-state index contributed by atoms with van der Waals surface area (Å²) in [5.74, 6) is 1.69. The summed E-state index contributed by atoms with van der Waals surface area (Å²) in [4.78, 5) is 4.63. The zero-order chi connectivity index (χ0) is 17.2. The SMILES string of the molecule is CCNC(=NCC(C)(C)CCS(C)(=O)=O)NCC(CC)CC.I. The van der Waals surface area contributed by atoms with Gasteiger partial charge in [0.15, 0.2) is 5.96 Å². The van der Waals surface area contributed by atoms with Gasteiger partial charge >= 0.3 is 0 Å². The third kappa shape index (κ3) is 14.0. The first kappa shape index (κ1) is 25.2. The minimum atomic E-state index is -2.91. The molecule has 140 valence electrons. The van der Waals surface area contributed by atoms with Gasteiger partial charge in [0, 0.05) is 25.9 Å². The van der Waals surface area contributed by atoms with E-state index in [4.69, 9.17) is 0 Å². The normalized spacial score (nSPS) is 12.9. The van der Waals surface area contributed by atoms with Crippen LogP contribution in [0.1, 0.15) is 53.9 Å². The molecule has 0 spiro atoms. The summed E-state index contributed by atoms with van der Waals surface area (Å²) >= 11 is 0. The van der Waals surface area contributed by atoms with Crippen LogP contribution < -0.4 is 10.6 Å². The molecule has 0 fully saturated rings. The second-order valence-corrected chi connectivity index (χ2v) is 9.06. The molecule has 0 atom stereocenters. The summed E-state index contributed by atoms with van der Waals surface area (Å²) in [5, 5.41) is 6.64. The average Bonchev–Trinajstić information content (AvgIpc) is 2.43. The maximum atomic E-state index is 11.3. The maximum absolute atomic E-state index is 11.3. The van der Waals surface area contributed by atoms with Crippen molar-refractivity contribution in [1.82, 2.24) is 10.6 Å². The molecule has 0 amide bonds. The number of hydrogen-bond donors (Lipinski definition) is 2. The first-order valence-electron chi connectivity index (χ1n) is 8.33. The van der Waals surface area contributed by atoms with Gasteiger partial charge in [-0.05, 0) is 24.7 Å². The van der Waals surface area contributed by atoms with Gasteiger partial charge in [0.05, 0.1) is 5.75 Å². The number of sulfone groups is 1. The molecular weight excluding hydrogens is 425 g/mol. The number of rotatable bonds is 10. The van der Waals surface area contributed by atoms with E-state index in [1.807, 2.05) is 6.92 Å². The van der Waals surface area contributed by atoms with E-state index in [9.17, 15) is 8.42 Å². The molecule has 0 aromatic carbocycles. The highest BCUT2D eigenvalue weighted by atomic mass is 127. The van der Waals surface area contributed by atoms with Gasteiger partial charge in [-0.2, -0.15) is 0 Å². The second-order valence-electron chi connectivity index (χ2n) is 6.80. The Balaban J connectivity index is 0. The van der Waals surface area contributed by atoms with Gasteiger partial charge in [-0.1, -0.05) is 40.5 Å². The van der Waals surface area contributed by atoms with Crippen molar-refractivity contribution in [2.24, 2.45) is 16.3 Å². The van der Waals surface area contributed by atoms with E-state index in [0.717, 1.165) is 31.9 Å². The smallest absolute Gasteiger partial charge is 0.191 e. The number of nitrogens with zero attached hydrogens (tertiary/aromatic N) is 1. The first-order chi connectivity index (χ1) is 10.1. The largest absolute Gasteiger partial charge is 0.357 e. The lowest BCUT2D eigenvalue weighted by Crippen LogP contribution is -2.40. The Morgan fingerprint density at radius 1 is 1.13 bits per heavy atom. The van der Waals surface area contributed by atoms with Crippen molar-refractivity contribution in [3.05, 3.63) is 0 Å². The lowest BCUT2D eigenvalue weighted by molar-refractivity contribution is 0.365. The minimum absolute atomic E-state index is 0. The van der Waals surface area contributed by atoms with E-state index >= 15 is 0 Å². The van der Waals surface area contributed by atoms with Crippen LogP contribution in [-0.4, -0.2) is 46.0 Å². The fourth-order valence-corrected chi connectivity index (χ4v) is 2.92. The van der Waals surface area contributed by atoms with Gasteiger partial charge < -0.3 is 10.6 Å². The number of halogens is 1. The molecule has 0 heterocycles. The molecule has 0 aliphatic carbocycles. The molecule has 0 saturated heterocycles. The summed E-state index contributed by atoms with van der Waals surface area (Å²) in [5.41, 5.74) is -0.125. The van der Waals surface area contributed by atoms with E-state index in [0.29, 0.717) is 18.9 Å². The molecule has 0 aromatic rings. The van der Waals surface area contributed by atoms with Gasteiger partial charge in [-0.3, -0.25) is 4.99 Å². The molecule has 0 bridgehead atoms. The zero-order valence-corrected chi connectivity index (χ0v) is 18.8. The molecule has 0 unspecified atom stereocenters. The van der Waals surface area contributed by atoms with Gasteiger partial charge in [-0.25, -0.2) is 8.42 Å². The summed E-state index contributed by atoms with van der Waals surface area (Å²) in [6.45, 7) is 12.9. The number of guanidine groups is 1. The van der Waals surface area contributed by atoms with E-state index < -0.39 is 9.84 Å². The van der Waals surface area contributed by atoms with E-state index in [-0.39, 0.29) is 35.1 Å². The Morgan fingerprint density at radius 2 is 1.70 bits per heavy atom. The van der Waals surface area contributed by atoms with Gasteiger partial charge in [0.2, 0.25) is 0 Å². The first-order valence-corrected chi connectivity index (χ1v) is 10.4. The highest BCUT2D eigenvalue weighted by molar-refractivity contribution is 14.0. The highest BCUT2D eigenvalue weighted by Crippen LogP contribution is 2.21. The van der Waals surface area contributed by atoms with Crippen molar-refractivity contribution in [2.45, 2.75) is 53.9 Å². The Labute approximate surface area is 160 Å². The molecule has 2 N–H and O–H groups in total. The lowest BCUT2D eigenvalue weighted by atomic mass is 9.90. The zero-order valence-electron chi connectivity index (χ0n) is 15.6. The number of nitrogens with one attached hydrogen (secondary N) is 2. The topological polar surface area (TPSA) is 70.6 Å². The molecule has 0 aliphatic rings. The third-order valence-electron chi connectivity index (χ3n) is 3.87. The Kier molecular flexibility index (Phi) is 13.5. The van der Waals surface area contributed by atoms with Crippen molar-refractivity contribution in [3.8, 4) is 0 Å². The van der Waals surface area contributed by atoms with Crippen molar-refractivity contribution in [2.75, 3.05) is 31.6 Å². The van der Waals surface area contributed by atoms with Crippen LogP contribution in [0, 0.1) is 11.3 Å². The van der Waals surface area contributed by atoms with Crippen LogP contribution in [0.25, 0.3) is 0 Å². The maximum Gasteiger partial charge on any atom is 0.191 e. The highest BCUT2D eigenvalue weighted by Gasteiger charge is 2.20. The summed E-state index contributed by atoms with van der Waals surface area (Å²) in [7, 11) is -2.91. The van der Waals surface area contributed by atoms with Gasteiger partial charge in [0.25, 0.3) is 0 Å². The molecule has 0 aromatic heterocycles. The standard InChI is InChI=1S/C16H35N3O2S.HI/c1-7-14(8-2)12-18-15(17-9-3)19-13-16(4,5)10-11-22(6,20)21;/h14H,7-13H2,1-6H3,(H2,17,18,19);1H. The Bertz CT molecular complexity index is 433. The predicted octanol–water partition coefficient (Wildman–Crippen LogP) is 3.06. The van der Waals surface area contributed by atoms with Crippen LogP contribution in [0.5, 0.6) is 0 Å². The fraction of sp³-hybridized carbons (Fsp3) is 0.938. The van der Waals surface area contributed by atoms with Crippen molar-refractivity contribution in [3.63, 3.8) is 0 Å². The molecule has 0 saturated carbocycles. The van der Waals surface area contributed by atoms with E-state index in [1.54, 1.807) is 0 Å². The molecule has 7 heteroatoms. The molecule has 0 aliphatic heterocycles. The number of hydrogen-bond acceptors (Lipinski definition) is 3. The molecule has 0 radical (unpaired) electrons. The monoisotopic (exact) mass is 461 g/mol. The third-order valence-corrected chi connectivity index (χ3v) is 4.82. The van der Waals surface area contributed by atoms with E-state index in [1.165, 1.54) is 6.26 Å². The van der Waals surface area contributed by atoms with Crippen LogP contribution in [0.2, 0.25) is 0 Å². The van der Waals surface area contributed by atoms with Crippen LogP contribution >= 0.6 is 24.0 Å². The average molecular weight is 461 g/mol. The van der Waals surface area contributed by atoms with Crippen LogP contribution in [-0.2, 0) is 9.84 Å². The Hall–Kier alpha value is -0.0500. The Morgan fingerprint density at radius 3 is 2.13 bits per heavy atom. The predicted molar refractivity (Wildman–Crippen MR) is 112 cm³/mol. The number of aliphatic imine (C=N–C) groups is 1. The van der Waals surface area contributed by atoms with Crippen LogP contribution in [0.15, 0.2) is 4.99 Å². The molecule has 23 heavy (non-hydrogen) atoms. The molecule has 5 nitrogen and oxygen atoms in total. The van der Waals surface area contributed by atoms with Crippen LogP contribution in [0.4, 0.5) is 0 Å². The van der Waals surface area contributed by atoms with Gasteiger partial charge in [0.1, 0.15) is 9.84 Å². The summed E-state index contributed by atoms with van der Waals surface area (Å²) < 4.78 is 22.6. The fourth-order valence-electron chi connectivity index (χ4n) is 1.99. The van der Waals surface area contributed by atoms with Crippen molar-refractivity contribution < 1.29 is 8.42 Å². The summed E-state index contributed by atoms with van der Waals surface area (Å²) in [6, 6.07) is 0. The molecular formula is C16H36IN3O2S. The lowest BCUT2D eigenvalue weighted by Gasteiger charge is -2.23. The second kappa shape index (κ2) is 12.3. The van der Waals surface area contributed by atoms with Crippen LogP contribution in [0.3, 0.4) is 0 Å². The van der Waals surface area contributed by atoms with Crippen molar-refractivity contribution in [1.29, 1.82) is 0 Å². The quantitative estimate of drug-likeness (QED) is 0.298. The van der Waals surface area contributed by atoms with E-state index in [2.05, 4.69) is 43.3 Å². The van der Waals surface area contributed by atoms with Crippen molar-refractivity contribution >= 4 is 39.8 Å².